The van der Waals surface area contributed by atoms with Gasteiger partial charge in [0.25, 0.3) is 0 Å². The van der Waals surface area contributed by atoms with E-state index in [0.717, 1.165) is 33.5 Å². The number of rotatable bonds is 7. The molecule has 162 valence electrons. The Morgan fingerprint density at radius 2 is 1.88 bits per heavy atom. The number of H-pyrrole nitrogens is 1. The number of carboxylic acids is 1. The molecule has 0 saturated heterocycles. The molecular formula is C24H22KN5O3. The van der Waals surface area contributed by atoms with Gasteiger partial charge in [0, 0.05) is 35.9 Å². The summed E-state index contributed by atoms with van der Waals surface area (Å²) in [5, 5.41) is 28.9. The number of aromatic nitrogens is 3. The van der Waals surface area contributed by atoms with Crippen molar-refractivity contribution in [1.82, 2.24) is 15.4 Å². The third kappa shape index (κ3) is 5.39. The van der Waals surface area contributed by atoms with Crippen LogP contribution in [0.4, 0.5) is 11.4 Å². The maximum Gasteiger partial charge on any atom is 1.00 e. The largest absolute Gasteiger partial charge is 1.00 e. The molecule has 5 rings (SSSR count). The number of aromatic amines is 1. The number of hydrogen-bond acceptors (Lipinski definition) is 7. The van der Waals surface area contributed by atoms with Gasteiger partial charge in [0.2, 0.25) is 0 Å². The van der Waals surface area contributed by atoms with Crippen molar-refractivity contribution >= 4 is 28.4 Å². The summed E-state index contributed by atoms with van der Waals surface area (Å²) in [5.74, 6) is -1.10. The fourth-order valence-corrected chi connectivity index (χ4v) is 4.20. The minimum absolute atomic E-state index is 0. The van der Waals surface area contributed by atoms with Gasteiger partial charge >= 0.3 is 51.4 Å². The van der Waals surface area contributed by atoms with E-state index in [1.165, 1.54) is 0 Å². The van der Waals surface area contributed by atoms with E-state index in [1.807, 2.05) is 66.7 Å². The Kier molecular flexibility index (Phi) is 7.66. The quantitative estimate of drug-likeness (QED) is 0.249. The van der Waals surface area contributed by atoms with Crippen LogP contribution in [0.2, 0.25) is 0 Å². The monoisotopic (exact) mass is 467 g/mol. The molecule has 3 N–H and O–H groups in total. The molecule has 1 aliphatic rings. The molecule has 0 fully saturated rings. The Morgan fingerprint density at radius 3 is 2.70 bits per heavy atom. The smallest absolute Gasteiger partial charge is 0.550 e. The molecule has 3 aromatic carbocycles. The third-order valence-corrected chi connectivity index (χ3v) is 5.85. The molecule has 1 aliphatic heterocycles. The number of anilines is 2. The van der Waals surface area contributed by atoms with E-state index in [1.54, 1.807) is 0 Å². The number of carbonyl (C=O) groups excluding carboxylic acids is 1. The Hall–Kier alpha value is -2.43. The average molecular weight is 468 g/mol. The predicted octanol–water partition coefficient (Wildman–Crippen LogP) is -0.472. The van der Waals surface area contributed by atoms with Gasteiger partial charge in [-0.25, -0.2) is 0 Å². The molecule has 4 aromatic rings. The summed E-state index contributed by atoms with van der Waals surface area (Å²) in [4.78, 5) is 11.8. The van der Waals surface area contributed by atoms with Crippen LogP contribution in [-0.4, -0.2) is 34.7 Å². The van der Waals surface area contributed by atoms with Crippen molar-refractivity contribution in [1.29, 1.82) is 0 Å². The minimum Gasteiger partial charge on any atom is -0.550 e. The van der Waals surface area contributed by atoms with Gasteiger partial charge in [-0.15, -0.1) is 0 Å². The molecule has 0 bridgehead atoms. The molecule has 0 amide bonds. The van der Waals surface area contributed by atoms with E-state index in [0.29, 0.717) is 18.7 Å². The first kappa shape index (κ1) is 23.7. The SMILES string of the molecule is O=C([O-])C1CNc2cc(OCNc3ccc4n[nH]nc4c3)ccc2C1Cc1ccccc1.[K+]. The van der Waals surface area contributed by atoms with E-state index in [2.05, 4.69) is 26.0 Å². The molecule has 2 unspecified atom stereocenters. The fourth-order valence-electron chi connectivity index (χ4n) is 4.20. The van der Waals surface area contributed by atoms with Crippen LogP contribution in [0.1, 0.15) is 17.0 Å². The minimum atomic E-state index is -1.03. The van der Waals surface area contributed by atoms with E-state index >= 15 is 0 Å². The van der Waals surface area contributed by atoms with Gasteiger partial charge in [-0.1, -0.05) is 36.4 Å². The fraction of sp³-hybridized carbons (Fsp3) is 0.208. The molecule has 1 aromatic heterocycles. The molecule has 0 radical (unpaired) electrons. The second kappa shape index (κ2) is 10.7. The molecule has 33 heavy (non-hydrogen) atoms. The van der Waals surface area contributed by atoms with Crippen molar-refractivity contribution < 1.29 is 66.0 Å². The van der Waals surface area contributed by atoms with E-state index in [-0.39, 0.29) is 64.0 Å². The number of aliphatic carboxylic acids is 1. The Bertz CT molecular complexity index is 1250. The zero-order valence-corrected chi connectivity index (χ0v) is 21.4. The number of carboxylic acid groups (broad SMARTS) is 1. The summed E-state index contributed by atoms with van der Waals surface area (Å²) in [6.45, 7) is 0.601. The van der Waals surface area contributed by atoms with Crippen LogP contribution < -0.4 is 71.9 Å². The van der Waals surface area contributed by atoms with Gasteiger partial charge in [0.1, 0.15) is 16.8 Å². The summed E-state index contributed by atoms with van der Waals surface area (Å²) < 4.78 is 5.87. The van der Waals surface area contributed by atoms with Crippen LogP contribution in [0, 0.1) is 5.92 Å². The zero-order chi connectivity index (χ0) is 21.9. The van der Waals surface area contributed by atoms with Crippen LogP contribution in [0.15, 0.2) is 66.7 Å². The van der Waals surface area contributed by atoms with Crippen LogP contribution in [0.25, 0.3) is 11.0 Å². The summed E-state index contributed by atoms with van der Waals surface area (Å²) in [7, 11) is 0. The standard InChI is InChI=1S/C24H23N5O3.K/c30-24(31)20-13-25-22-12-17(7-8-18(22)19(20)10-15-4-2-1-3-5-15)32-14-26-16-6-9-21-23(11-16)28-29-27-21;/h1-9,11-12,19-20,25-26H,10,13-14H2,(H,30,31)(H,27,28,29);/q;+1/p-1. The van der Waals surface area contributed by atoms with Crippen molar-refractivity contribution in [2.75, 3.05) is 23.9 Å². The molecular weight excluding hydrogens is 445 g/mol. The van der Waals surface area contributed by atoms with Gasteiger partial charge in [-0.3, -0.25) is 0 Å². The van der Waals surface area contributed by atoms with Crippen molar-refractivity contribution in [2.45, 2.75) is 12.3 Å². The summed E-state index contributed by atoms with van der Waals surface area (Å²) in [6, 6.07) is 21.4. The van der Waals surface area contributed by atoms with Crippen LogP contribution in [0.3, 0.4) is 0 Å². The Morgan fingerprint density at radius 1 is 1.06 bits per heavy atom. The van der Waals surface area contributed by atoms with Gasteiger partial charge in [0.05, 0.1) is 0 Å². The molecule has 0 saturated carbocycles. The number of hydrogen-bond donors (Lipinski definition) is 3. The zero-order valence-electron chi connectivity index (χ0n) is 18.2. The van der Waals surface area contributed by atoms with Gasteiger partial charge < -0.3 is 25.3 Å². The van der Waals surface area contributed by atoms with Crippen LogP contribution >= 0.6 is 0 Å². The summed E-state index contributed by atoms with van der Waals surface area (Å²) in [6.07, 6.45) is 0.639. The molecule has 0 spiro atoms. The van der Waals surface area contributed by atoms with Crippen LogP contribution in [-0.2, 0) is 11.2 Å². The molecule has 2 heterocycles. The predicted molar refractivity (Wildman–Crippen MR) is 119 cm³/mol. The third-order valence-electron chi connectivity index (χ3n) is 5.85. The molecule has 0 aliphatic carbocycles. The van der Waals surface area contributed by atoms with Gasteiger partial charge in [0.15, 0.2) is 6.73 Å². The molecule has 8 nitrogen and oxygen atoms in total. The first-order valence-electron chi connectivity index (χ1n) is 10.5. The van der Waals surface area contributed by atoms with Crippen molar-refractivity contribution in [2.24, 2.45) is 5.92 Å². The second-order valence-electron chi connectivity index (χ2n) is 7.84. The molecule has 2 atom stereocenters. The van der Waals surface area contributed by atoms with Crippen molar-refractivity contribution in [3.8, 4) is 5.75 Å². The summed E-state index contributed by atoms with van der Waals surface area (Å²) >= 11 is 0. The Balaban J connectivity index is 0.00000259. The van der Waals surface area contributed by atoms with Crippen molar-refractivity contribution in [3.63, 3.8) is 0 Å². The first-order valence-corrected chi connectivity index (χ1v) is 10.5. The summed E-state index contributed by atoms with van der Waals surface area (Å²) in [5.41, 5.74) is 5.42. The van der Waals surface area contributed by atoms with Gasteiger partial charge in [-0.05, 0) is 47.7 Å². The topological polar surface area (TPSA) is 115 Å². The normalized spacial score (nSPS) is 16.8. The number of fused-ring (bicyclic) bond motifs is 2. The van der Waals surface area contributed by atoms with Gasteiger partial charge in [-0.2, -0.15) is 15.4 Å². The number of benzene rings is 3. The van der Waals surface area contributed by atoms with E-state index in [9.17, 15) is 9.90 Å². The first-order chi connectivity index (χ1) is 15.7. The number of nitrogens with one attached hydrogen (secondary N) is 3. The van der Waals surface area contributed by atoms with Crippen molar-refractivity contribution in [3.05, 3.63) is 77.9 Å². The average Bonchev–Trinajstić information content (AvgIpc) is 3.27. The maximum atomic E-state index is 11.8. The van der Waals surface area contributed by atoms with E-state index in [4.69, 9.17) is 4.74 Å². The number of carbonyl (C=O) groups is 1. The van der Waals surface area contributed by atoms with E-state index < -0.39 is 11.9 Å². The number of nitrogens with zero attached hydrogens (tertiary/aromatic N) is 2. The second-order valence-corrected chi connectivity index (χ2v) is 7.84. The van der Waals surface area contributed by atoms with Crippen LogP contribution in [0.5, 0.6) is 5.75 Å². The Labute approximate surface area is 233 Å². The molecule has 9 heteroatoms. The number of ether oxygens (including phenoxy) is 1. The maximum absolute atomic E-state index is 11.8.